The molecule has 3 rings (SSSR count). The molecule has 0 radical (unpaired) electrons. The molecule has 2 aromatic rings. The van der Waals surface area contributed by atoms with Gasteiger partial charge in [-0.15, -0.1) is 10.2 Å². The van der Waals surface area contributed by atoms with Crippen molar-refractivity contribution in [2.24, 2.45) is 0 Å². The van der Waals surface area contributed by atoms with Gasteiger partial charge in [-0.1, -0.05) is 17.8 Å². The Kier molecular flexibility index (Phi) is 5.61. The molecule has 8 heteroatoms. The number of carbonyl (C=O) groups excluding carboxylic acids is 2. The lowest BCUT2D eigenvalue weighted by molar-refractivity contribution is -0.136. The number of hydrogen-bond donors (Lipinski definition) is 0. The summed E-state index contributed by atoms with van der Waals surface area (Å²) in [6, 6.07) is 6.18. The minimum absolute atomic E-state index is 0.0628. The zero-order chi connectivity index (χ0) is 18.7. The third kappa shape index (κ3) is 4.07. The van der Waals surface area contributed by atoms with Crippen LogP contribution in [0.3, 0.4) is 0 Å². The predicted molar refractivity (Wildman–Crippen MR) is 100 cm³/mol. The average Bonchev–Trinajstić information content (AvgIpc) is 3.10. The van der Waals surface area contributed by atoms with Crippen LogP contribution in [0.1, 0.15) is 18.1 Å². The molecule has 1 saturated heterocycles. The predicted octanol–water partition coefficient (Wildman–Crippen LogP) is 1.67. The van der Waals surface area contributed by atoms with Crippen molar-refractivity contribution in [1.82, 2.24) is 24.6 Å². The molecule has 138 valence electrons. The van der Waals surface area contributed by atoms with Crippen LogP contribution in [0.25, 0.3) is 5.69 Å². The molecule has 2 amide bonds. The van der Waals surface area contributed by atoms with E-state index in [1.807, 2.05) is 15.5 Å². The molecule has 0 atom stereocenters. The fourth-order valence-corrected chi connectivity index (χ4v) is 3.70. The van der Waals surface area contributed by atoms with Gasteiger partial charge in [-0.05, 0) is 37.1 Å². The van der Waals surface area contributed by atoms with E-state index in [1.54, 1.807) is 18.2 Å². The molecular weight excluding hydrogens is 350 g/mol. The standard InChI is InChI=1S/C18H23N5O2S/c1-13-4-5-16(10-14(13)2)23-12-19-20-18(23)26-11-17(25)22-8-6-21(7-9-22)15(3)24/h4-5,10,12H,6-9,11H2,1-3H3. The van der Waals surface area contributed by atoms with E-state index in [2.05, 4.69) is 36.2 Å². The van der Waals surface area contributed by atoms with Gasteiger partial charge in [-0.25, -0.2) is 0 Å². The molecule has 1 aliphatic heterocycles. The summed E-state index contributed by atoms with van der Waals surface area (Å²) < 4.78 is 1.90. The summed E-state index contributed by atoms with van der Waals surface area (Å²) in [7, 11) is 0. The van der Waals surface area contributed by atoms with Gasteiger partial charge >= 0.3 is 0 Å². The zero-order valence-electron chi connectivity index (χ0n) is 15.3. The number of rotatable bonds is 4. The van der Waals surface area contributed by atoms with Crippen LogP contribution < -0.4 is 0 Å². The summed E-state index contributed by atoms with van der Waals surface area (Å²) >= 11 is 1.39. The fourth-order valence-electron chi connectivity index (χ4n) is 2.86. The van der Waals surface area contributed by atoms with Crippen LogP contribution in [0.5, 0.6) is 0 Å². The van der Waals surface area contributed by atoms with Crippen LogP contribution in [0, 0.1) is 13.8 Å². The van der Waals surface area contributed by atoms with Gasteiger partial charge in [0.15, 0.2) is 5.16 Å². The second-order valence-corrected chi connectivity index (χ2v) is 7.37. The number of piperazine rings is 1. The number of benzene rings is 1. The smallest absolute Gasteiger partial charge is 0.233 e. The minimum Gasteiger partial charge on any atom is -0.339 e. The highest BCUT2D eigenvalue weighted by atomic mass is 32.2. The Balaban J connectivity index is 1.61. The van der Waals surface area contributed by atoms with E-state index in [4.69, 9.17) is 0 Å². The third-order valence-corrected chi connectivity index (χ3v) is 5.62. The molecule has 26 heavy (non-hydrogen) atoms. The lowest BCUT2D eigenvalue weighted by Crippen LogP contribution is -2.50. The Bertz CT molecular complexity index is 812. The average molecular weight is 373 g/mol. The van der Waals surface area contributed by atoms with Gasteiger partial charge in [0.25, 0.3) is 0 Å². The van der Waals surface area contributed by atoms with Gasteiger partial charge in [0.1, 0.15) is 6.33 Å². The summed E-state index contributed by atoms with van der Waals surface area (Å²) in [6.45, 7) is 8.08. The van der Waals surface area contributed by atoms with Crippen LogP contribution >= 0.6 is 11.8 Å². The molecule has 1 aliphatic rings. The van der Waals surface area contributed by atoms with Crippen LogP contribution in [-0.2, 0) is 9.59 Å². The Morgan fingerprint density at radius 2 is 1.77 bits per heavy atom. The lowest BCUT2D eigenvalue weighted by atomic mass is 10.1. The van der Waals surface area contributed by atoms with E-state index >= 15 is 0 Å². The zero-order valence-corrected chi connectivity index (χ0v) is 16.1. The topological polar surface area (TPSA) is 71.3 Å². The number of nitrogens with zero attached hydrogens (tertiary/aromatic N) is 5. The first kappa shape index (κ1) is 18.4. The summed E-state index contributed by atoms with van der Waals surface area (Å²) in [4.78, 5) is 27.4. The number of aryl methyl sites for hydroxylation is 2. The van der Waals surface area contributed by atoms with E-state index in [1.165, 1.54) is 22.9 Å². The molecule has 1 fully saturated rings. The Morgan fingerprint density at radius 1 is 1.08 bits per heavy atom. The number of aromatic nitrogens is 3. The molecule has 7 nitrogen and oxygen atoms in total. The van der Waals surface area contributed by atoms with E-state index in [-0.39, 0.29) is 11.8 Å². The number of amides is 2. The molecular formula is C18H23N5O2S. The van der Waals surface area contributed by atoms with E-state index in [0.717, 1.165) is 5.69 Å². The van der Waals surface area contributed by atoms with Crippen molar-refractivity contribution in [3.8, 4) is 5.69 Å². The van der Waals surface area contributed by atoms with Gasteiger partial charge in [0.05, 0.1) is 5.75 Å². The molecule has 2 heterocycles. The molecule has 1 aromatic heterocycles. The summed E-state index contributed by atoms with van der Waals surface area (Å²) in [5, 5.41) is 8.84. The molecule has 0 saturated carbocycles. The van der Waals surface area contributed by atoms with E-state index in [0.29, 0.717) is 37.1 Å². The number of hydrogen-bond acceptors (Lipinski definition) is 5. The van der Waals surface area contributed by atoms with Gasteiger partial charge in [0, 0.05) is 38.8 Å². The fraction of sp³-hybridized carbons (Fsp3) is 0.444. The maximum Gasteiger partial charge on any atom is 0.233 e. The van der Waals surface area contributed by atoms with Crippen LogP contribution in [0.4, 0.5) is 0 Å². The Hall–Kier alpha value is -2.35. The maximum absolute atomic E-state index is 12.5. The third-order valence-electron chi connectivity index (χ3n) is 4.69. The molecule has 0 N–H and O–H groups in total. The first-order valence-corrected chi connectivity index (χ1v) is 9.58. The number of carbonyl (C=O) groups is 2. The summed E-state index contributed by atoms with van der Waals surface area (Å²) in [6.07, 6.45) is 1.67. The molecule has 0 bridgehead atoms. The van der Waals surface area contributed by atoms with Crippen molar-refractivity contribution in [1.29, 1.82) is 0 Å². The van der Waals surface area contributed by atoms with Gasteiger partial charge in [-0.3, -0.25) is 14.2 Å². The van der Waals surface area contributed by atoms with E-state index < -0.39 is 0 Å². The van der Waals surface area contributed by atoms with Gasteiger partial charge in [0.2, 0.25) is 11.8 Å². The Morgan fingerprint density at radius 3 is 2.42 bits per heavy atom. The van der Waals surface area contributed by atoms with Crippen molar-refractivity contribution < 1.29 is 9.59 Å². The first-order chi connectivity index (χ1) is 12.5. The highest BCUT2D eigenvalue weighted by Crippen LogP contribution is 2.22. The van der Waals surface area contributed by atoms with Crippen LogP contribution in [0.15, 0.2) is 29.7 Å². The molecule has 1 aromatic carbocycles. The largest absolute Gasteiger partial charge is 0.339 e. The van der Waals surface area contributed by atoms with Crippen LogP contribution in [-0.4, -0.2) is 68.3 Å². The molecule has 0 spiro atoms. The second kappa shape index (κ2) is 7.90. The molecule has 0 unspecified atom stereocenters. The van der Waals surface area contributed by atoms with Gasteiger partial charge < -0.3 is 9.80 Å². The lowest BCUT2D eigenvalue weighted by Gasteiger charge is -2.34. The summed E-state index contributed by atoms with van der Waals surface area (Å²) in [5.74, 6) is 0.435. The Labute approximate surface area is 157 Å². The first-order valence-electron chi connectivity index (χ1n) is 8.59. The van der Waals surface area contributed by atoms with Crippen molar-refractivity contribution in [3.63, 3.8) is 0 Å². The van der Waals surface area contributed by atoms with E-state index in [9.17, 15) is 9.59 Å². The molecule has 0 aliphatic carbocycles. The maximum atomic E-state index is 12.5. The van der Waals surface area contributed by atoms with Crippen LogP contribution in [0.2, 0.25) is 0 Å². The normalized spacial score (nSPS) is 14.6. The summed E-state index contributed by atoms with van der Waals surface area (Å²) in [5.41, 5.74) is 3.42. The van der Waals surface area contributed by atoms with Crippen molar-refractivity contribution in [3.05, 3.63) is 35.7 Å². The minimum atomic E-state index is 0.0628. The van der Waals surface area contributed by atoms with Gasteiger partial charge in [-0.2, -0.15) is 0 Å². The van der Waals surface area contributed by atoms with Crippen molar-refractivity contribution >= 4 is 23.6 Å². The SMILES string of the molecule is CC(=O)N1CCN(C(=O)CSc2nncn2-c2ccc(C)c(C)c2)CC1. The highest BCUT2D eigenvalue weighted by molar-refractivity contribution is 7.99. The monoisotopic (exact) mass is 373 g/mol. The highest BCUT2D eigenvalue weighted by Gasteiger charge is 2.22. The second-order valence-electron chi connectivity index (χ2n) is 6.43. The number of thioether (sulfide) groups is 1. The quantitative estimate of drug-likeness (QED) is 0.763. The van der Waals surface area contributed by atoms with Crippen molar-refractivity contribution in [2.45, 2.75) is 25.9 Å². The van der Waals surface area contributed by atoms with Crippen molar-refractivity contribution in [2.75, 3.05) is 31.9 Å².